The predicted molar refractivity (Wildman–Crippen MR) is 125 cm³/mol. The van der Waals surface area contributed by atoms with Gasteiger partial charge < -0.3 is 9.47 Å². The van der Waals surface area contributed by atoms with Crippen LogP contribution in [0.2, 0.25) is 0 Å². The fourth-order valence-electron chi connectivity index (χ4n) is 5.36. The average Bonchev–Trinajstić information content (AvgIpc) is 2.83. The molecule has 0 aliphatic heterocycles. The molecule has 0 amide bonds. The van der Waals surface area contributed by atoms with Crippen LogP contribution in [0, 0.1) is 11.8 Å². The maximum absolute atomic E-state index is 6.07. The standard InChI is InChI=1S/C29H34O2/c1-2-8-28(9-3-1)30-21-31-29-17-16-26-19-23(13-15-27(26)20-29)11-10-22-12-14-24-6-4-5-7-25(24)18-22/h12-15,18-19,28-29H,1-9,16-17,20-21H2. The highest BCUT2D eigenvalue weighted by atomic mass is 16.7. The minimum atomic E-state index is 0.281. The lowest BCUT2D eigenvalue weighted by molar-refractivity contribution is -0.126. The normalized spacial score (nSPS) is 21.0. The van der Waals surface area contributed by atoms with Crippen molar-refractivity contribution in [2.24, 2.45) is 0 Å². The molecule has 0 N–H and O–H groups in total. The van der Waals surface area contributed by atoms with Crippen molar-refractivity contribution in [2.45, 2.75) is 89.3 Å². The smallest absolute Gasteiger partial charge is 0.147 e. The minimum absolute atomic E-state index is 0.281. The molecule has 2 aromatic rings. The average molecular weight is 415 g/mol. The fourth-order valence-corrected chi connectivity index (χ4v) is 5.36. The summed E-state index contributed by atoms with van der Waals surface area (Å²) in [5, 5.41) is 0. The van der Waals surface area contributed by atoms with Crippen LogP contribution in [-0.2, 0) is 35.2 Å². The molecule has 0 radical (unpaired) electrons. The van der Waals surface area contributed by atoms with Crippen LogP contribution in [0.1, 0.15) is 84.7 Å². The molecule has 1 atom stereocenters. The SMILES string of the molecule is C(#Cc1ccc2c(c1)CCC(OCOC1CCCCC1)C2)c1ccc2c(c1)CCCC2. The topological polar surface area (TPSA) is 18.5 Å². The molecule has 2 nitrogen and oxygen atoms in total. The summed E-state index contributed by atoms with van der Waals surface area (Å²) in [7, 11) is 0. The van der Waals surface area contributed by atoms with Crippen molar-refractivity contribution in [2.75, 3.05) is 6.79 Å². The molecule has 0 saturated heterocycles. The molecule has 0 heterocycles. The first-order valence-electron chi connectivity index (χ1n) is 12.3. The Labute approximate surface area is 187 Å². The second kappa shape index (κ2) is 10.0. The molecular weight excluding hydrogens is 380 g/mol. The van der Waals surface area contributed by atoms with Crippen LogP contribution in [0.4, 0.5) is 0 Å². The van der Waals surface area contributed by atoms with E-state index in [0.717, 1.165) is 30.4 Å². The lowest BCUT2D eigenvalue weighted by atomic mass is 9.88. The third-order valence-electron chi connectivity index (χ3n) is 7.25. The summed E-state index contributed by atoms with van der Waals surface area (Å²) in [6.07, 6.45) is 15.3. The van der Waals surface area contributed by atoms with E-state index in [1.807, 2.05) is 0 Å². The summed E-state index contributed by atoms with van der Waals surface area (Å²) in [5.74, 6) is 6.79. The quantitative estimate of drug-likeness (QED) is 0.441. The molecule has 0 aromatic heterocycles. The highest BCUT2D eigenvalue weighted by molar-refractivity contribution is 5.48. The van der Waals surface area contributed by atoms with Crippen molar-refractivity contribution in [3.05, 3.63) is 69.8 Å². The fraction of sp³-hybridized carbons (Fsp3) is 0.517. The van der Waals surface area contributed by atoms with Crippen molar-refractivity contribution < 1.29 is 9.47 Å². The van der Waals surface area contributed by atoms with E-state index < -0.39 is 0 Å². The zero-order chi connectivity index (χ0) is 20.9. The third kappa shape index (κ3) is 5.40. The molecule has 1 unspecified atom stereocenters. The number of aryl methyl sites for hydroxylation is 3. The zero-order valence-corrected chi connectivity index (χ0v) is 18.6. The van der Waals surface area contributed by atoms with Gasteiger partial charge in [0.25, 0.3) is 0 Å². The Morgan fingerprint density at radius 3 is 2.03 bits per heavy atom. The minimum Gasteiger partial charge on any atom is -0.352 e. The van der Waals surface area contributed by atoms with E-state index in [-0.39, 0.29) is 6.10 Å². The Bertz CT molecular complexity index is 958. The molecule has 2 heteroatoms. The first-order chi connectivity index (χ1) is 15.3. The van der Waals surface area contributed by atoms with Crippen LogP contribution in [0.5, 0.6) is 0 Å². The van der Waals surface area contributed by atoms with Gasteiger partial charge in [-0.3, -0.25) is 0 Å². The van der Waals surface area contributed by atoms with Crippen LogP contribution in [-0.4, -0.2) is 19.0 Å². The number of benzene rings is 2. The van der Waals surface area contributed by atoms with E-state index in [2.05, 4.69) is 48.2 Å². The number of hydrogen-bond donors (Lipinski definition) is 0. The highest BCUT2D eigenvalue weighted by Gasteiger charge is 2.20. The van der Waals surface area contributed by atoms with Gasteiger partial charge in [0, 0.05) is 11.1 Å². The second-order valence-electron chi connectivity index (χ2n) is 9.50. The molecule has 162 valence electrons. The number of ether oxygens (including phenoxy) is 2. The first kappa shape index (κ1) is 20.8. The van der Waals surface area contributed by atoms with Gasteiger partial charge in [-0.05, 0) is 104 Å². The molecular formula is C29H34O2. The van der Waals surface area contributed by atoms with Gasteiger partial charge in [-0.25, -0.2) is 0 Å². The van der Waals surface area contributed by atoms with Gasteiger partial charge in [-0.1, -0.05) is 43.2 Å². The molecule has 3 aliphatic rings. The van der Waals surface area contributed by atoms with Crippen LogP contribution in [0.3, 0.4) is 0 Å². The van der Waals surface area contributed by atoms with Crippen LogP contribution in [0.25, 0.3) is 0 Å². The highest BCUT2D eigenvalue weighted by Crippen LogP contribution is 2.26. The van der Waals surface area contributed by atoms with E-state index in [0.29, 0.717) is 12.9 Å². The van der Waals surface area contributed by atoms with Crippen LogP contribution < -0.4 is 0 Å². The lowest BCUT2D eigenvalue weighted by Crippen LogP contribution is -2.26. The van der Waals surface area contributed by atoms with Crippen molar-refractivity contribution in [1.82, 2.24) is 0 Å². The lowest BCUT2D eigenvalue weighted by Gasteiger charge is -2.27. The Morgan fingerprint density at radius 2 is 1.26 bits per heavy atom. The number of hydrogen-bond acceptors (Lipinski definition) is 2. The van der Waals surface area contributed by atoms with E-state index >= 15 is 0 Å². The van der Waals surface area contributed by atoms with Crippen molar-refractivity contribution in [1.29, 1.82) is 0 Å². The van der Waals surface area contributed by atoms with Crippen molar-refractivity contribution in [3.8, 4) is 11.8 Å². The van der Waals surface area contributed by atoms with Crippen molar-refractivity contribution in [3.63, 3.8) is 0 Å². The molecule has 1 fully saturated rings. The zero-order valence-electron chi connectivity index (χ0n) is 18.6. The Balaban J connectivity index is 1.17. The van der Waals surface area contributed by atoms with E-state index in [9.17, 15) is 0 Å². The summed E-state index contributed by atoms with van der Waals surface area (Å²) < 4.78 is 12.0. The summed E-state index contributed by atoms with van der Waals surface area (Å²) in [6, 6.07) is 13.5. The Hall–Kier alpha value is -2.08. The van der Waals surface area contributed by atoms with Crippen LogP contribution in [0.15, 0.2) is 36.4 Å². The van der Waals surface area contributed by atoms with E-state index in [1.165, 1.54) is 80.0 Å². The molecule has 5 rings (SSSR count). The Kier molecular flexibility index (Phi) is 6.73. The third-order valence-corrected chi connectivity index (χ3v) is 7.25. The maximum Gasteiger partial charge on any atom is 0.147 e. The van der Waals surface area contributed by atoms with Gasteiger partial charge in [0.15, 0.2) is 0 Å². The maximum atomic E-state index is 6.07. The summed E-state index contributed by atoms with van der Waals surface area (Å²) in [5.41, 5.74) is 8.13. The van der Waals surface area contributed by atoms with Gasteiger partial charge >= 0.3 is 0 Å². The molecule has 2 aromatic carbocycles. The predicted octanol–water partition coefficient (Wildman–Crippen LogP) is 6.15. The van der Waals surface area contributed by atoms with Gasteiger partial charge in [0.05, 0.1) is 12.2 Å². The molecule has 1 saturated carbocycles. The van der Waals surface area contributed by atoms with E-state index in [1.54, 1.807) is 0 Å². The summed E-state index contributed by atoms with van der Waals surface area (Å²) in [4.78, 5) is 0. The first-order valence-corrected chi connectivity index (χ1v) is 12.3. The summed E-state index contributed by atoms with van der Waals surface area (Å²) >= 11 is 0. The van der Waals surface area contributed by atoms with Gasteiger partial charge in [-0.2, -0.15) is 0 Å². The van der Waals surface area contributed by atoms with Gasteiger partial charge in [0.1, 0.15) is 6.79 Å². The monoisotopic (exact) mass is 414 g/mol. The second-order valence-corrected chi connectivity index (χ2v) is 9.50. The molecule has 3 aliphatic carbocycles. The Morgan fingerprint density at radius 1 is 0.613 bits per heavy atom. The number of rotatable bonds is 4. The van der Waals surface area contributed by atoms with Gasteiger partial charge in [0.2, 0.25) is 0 Å². The van der Waals surface area contributed by atoms with Crippen LogP contribution >= 0.6 is 0 Å². The van der Waals surface area contributed by atoms with Gasteiger partial charge in [-0.15, -0.1) is 0 Å². The van der Waals surface area contributed by atoms with E-state index in [4.69, 9.17) is 9.47 Å². The number of fused-ring (bicyclic) bond motifs is 2. The molecule has 0 bridgehead atoms. The summed E-state index contributed by atoms with van der Waals surface area (Å²) in [6.45, 7) is 0.453. The van der Waals surface area contributed by atoms with Crippen molar-refractivity contribution >= 4 is 0 Å². The molecule has 31 heavy (non-hydrogen) atoms. The largest absolute Gasteiger partial charge is 0.352 e. The molecule has 0 spiro atoms.